The van der Waals surface area contributed by atoms with Gasteiger partial charge in [-0.3, -0.25) is 4.79 Å². The number of aryl methyl sites for hydroxylation is 2. The predicted octanol–water partition coefficient (Wildman–Crippen LogP) is 4.47. The largest absolute Gasteiger partial charge is 0.317 e. The number of carbonyl (C=O) groups excluding carboxylic acids is 1. The molecule has 3 rings (SSSR count). The maximum atomic E-state index is 13.7. The fraction of sp³-hybridized carbons (Fsp3) is 0.188. The zero-order chi connectivity index (χ0) is 15.0. The van der Waals surface area contributed by atoms with Gasteiger partial charge in [-0.15, -0.1) is 0 Å². The van der Waals surface area contributed by atoms with E-state index in [1.165, 1.54) is 5.56 Å². The summed E-state index contributed by atoms with van der Waals surface area (Å²) < 4.78 is 27.7. The Morgan fingerprint density at radius 3 is 2.43 bits per heavy atom. The van der Waals surface area contributed by atoms with Crippen LogP contribution in [0.5, 0.6) is 0 Å². The second-order valence-electron chi connectivity index (χ2n) is 5.04. The first-order valence-corrected chi connectivity index (χ1v) is 7.41. The topological polar surface area (TPSA) is 29.1 Å². The normalized spacial score (nSPS) is 13.1. The van der Waals surface area contributed by atoms with Crippen LogP contribution in [0.3, 0.4) is 0 Å². The van der Waals surface area contributed by atoms with Crippen molar-refractivity contribution in [1.29, 1.82) is 0 Å². The van der Waals surface area contributed by atoms with Crippen molar-refractivity contribution in [2.45, 2.75) is 19.3 Å². The lowest BCUT2D eigenvalue weighted by molar-refractivity contribution is 0.102. The number of nitrogens with one attached hydrogen (secondary N) is 1. The summed E-state index contributed by atoms with van der Waals surface area (Å²) in [6, 6.07) is 7.62. The van der Waals surface area contributed by atoms with Crippen molar-refractivity contribution in [2.75, 3.05) is 5.32 Å². The van der Waals surface area contributed by atoms with Crippen LogP contribution in [0.15, 0.2) is 34.8 Å². The predicted molar refractivity (Wildman–Crippen MR) is 80.5 cm³/mol. The average molecular weight is 352 g/mol. The standard InChI is InChI=1S/C16H12BrF2NO/c17-12-7-13(18)15(14(19)8-12)20-16(21)11-5-4-9-2-1-3-10(9)6-11/h4-8H,1-3H2,(H,20,21). The molecule has 0 atom stereocenters. The molecular weight excluding hydrogens is 340 g/mol. The summed E-state index contributed by atoms with van der Waals surface area (Å²) in [6.45, 7) is 0. The third kappa shape index (κ3) is 2.83. The maximum Gasteiger partial charge on any atom is 0.255 e. The van der Waals surface area contributed by atoms with Crippen LogP contribution in [0.2, 0.25) is 0 Å². The Hall–Kier alpha value is -1.75. The van der Waals surface area contributed by atoms with Crippen LogP contribution in [0, 0.1) is 11.6 Å². The maximum absolute atomic E-state index is 13.7. The Labute approximate surface area is 129 Å². The van der Waals surface area contributed by atoms with Gasteiger partial charge in [-0.25, -0.2) is 8.78 Å². The van der Waals surface area contributed by atoms with Crippen molar-refractivity contribution < 1.29 is 13.6 Å². The summed E-state index contributed by atoms with van der Waals surface area (Å²) >= 11 is 3.00. The first-order chi connectivity index (χ1) is 10.0. The van der Waals surface area contributed by atoms with Crippen molar-refractivity contribution >= 4 is 27.5 Å². The first kappa shape index (κ1) is 14.2. The van der Waals surface area contributed by atoms with Gasteiger partial charge in [0.05, 0.1) is 0 Å². The lowest BCUT2D eigenvalue weighted by Gasteiger charge is -2.09. The van der Waals surface area contributed by atoms with E-state index >= 15 is 0 Å². The van der Waals surface area contributed by atoms with Crippen LogP contribution in [0.25, 0.3) is 0 Å². The fourth-order valence-electron chi connectivity index (χ4n) is 2.56. The van der Waals surface area contributed by atoms with Crippen molar-refractivity contribution in [3.63, 3.8) is 0 Å². The molecule has 5 heteroatoms. The van der Waals surface area contributed by atoms with Gasteiger partial charge in [-0.2, -0.15) is 0 Å². The molecule has 0 bridgehead atoms. The summed E-state index contributed by atoms with van der Waals surface area (Å²) in [5, 5.41) is 2.30. The molecule has 0 fully saturated rings. The van der Waals surface area contributed by atoms with E-state index < -0.39 is 23.2 Å². The zero-order valence-corrected chi connectivity index (χ0v) is 12.6. The number of halogens is 3. The molecule has 0 unspecified atom stereocenters. The van der Waals surface area contributed by atoms with Gasteiger partial charge in [0, 0.05) is 10.0 Å². The molecule has 1 amide bonds. The van der Waals surface area contributed by atoms with Gasteiger partial charge < -0.3 is 5.32 Å². The van der Waals surface area contributed by atoms with Crippen LogP contribution in [-0.2, 0) is 12.8 Å². The Morgan fingerprint density at radius 2 is 1.71 bits per heavy atom. The number of hydrogen-bond donors (Lipinski definition) is 1. The molecule has 0 saturated carbocycles. The van der Waals surface area contributed by atoms with E-state index in [4.69, 9.17) is 0 Å². The summed E-state index contributed by atoms with van der Waals surface area (Å²) in [7, 11) is 0. The third-order valence-corrected chi connectivity index (χ3v) is 4.06. The van der Waals surface area contributed by atoms with Crippen molar-refractivity contribution in [3.8, 4) is 0 Å². The van der Waals surface area contributed by atoms with Gasteiger partial charge in [-0.1, -0.05) is 22.0 Å². The highest BCUT2D eigenvalue weighted by Crippen LogP contribution is 2.26. The summed E-state index contributed by atoms with van der Waals surface area (Å²) in [6.07, 6.45) is 3.04. The van der Waals surface area contributed by atoms with Gasteiger partial charge in [-0.05, 0) is 54.7 Å². The second kappa shape index (κ2) is 5.56. The quantitative estimate of drug-likeness (QED) is 0.849. The number of hydrogen-bond acceptors (Lipinski definition) is 1. The Kier molecular flexibility index (Phi) is 3.76. The monoisotopic (exact) mass is 351 g/mol. The first-order valence-electron chi connectivity index (χ1n) is 6.62. The van der Waals surface area contributed by atoms with E-state index in [1.807, 2.05) is 6.07 Å². The molecule has 2 aromatic rings. The van der Waals surface area contributed by atoms with Gasteiger partial charge in [0.15, 0.2) is 11.6 Å². The van der Waals surface area contributed by atoms with E-state index in [0.29, 0.717) is 5.56 Å². The molecule has 108 valence electrons. The fourth-order valence-corrected chi connectivity index (χ4v) is 2.96. The van der Waals surface area contributed by atoms with E-state index in [2.05, 4.69) is 21.2 Å². The van der Waals surface area contributed by atoms with Gasteiger partial charge in [0.1, 0.15) is 5.69 Å². The molecule has 0 spiro atoms. The summed E-state index contributed by atoms with van der Waals surface area (Å²) in [4.78, 5) is 12.1. The number of rotatable bonds is 2. The van der Waals surface area contributed by atoms with Gasteiger partial charge >= 0.3 is 0 Å². The Morgan fingerprint density at radius 1 is 1.05 bits per heavy atom. The summed E-state index contributed by atoms with van der Waals surface area (Å²) in [5.41, 5.74) is 2.37. The molecule has 2 nitrogen and oxygen atoms in total. The van der Waals surface area contributed by atoms with Crippen molar-refractivity contribution in [2.24, 2.45) is 0 Å². The number of benzene rings is 2. The highest BCUT2D eigenvalue weighted by Gasteiger charge is 2.17. The van der Waals surface area contributed by atoms with Gasteiger partial charge in [0.2, 0.25) is 0 Å². The van der Waals surface area contributed by atoms with E-state index in [9.17, 15) is 13.6 Å². The molecule has 21 heavy (non-hydrogen) atoms. The van der Waals surface area contributed by atoms with Crippen molar-refractivity contribution in [3.05, 3.63) is 63.1 Å². The lowest BCUT2D eigenvalue weighted by Crippen LogP contribution is -2.14. The summed E-state index contributed by atoms with van der Waals surface area (Å²) in [5.74, 6) is -2.13. The molecule has 1 aliphatic carbocycles. The lowest BCUT2D eigenvalue weighted by atomic mass is 10.1. The van der Waals surface area contributed by atoms with E-state index in [-0.39, 0.29) is 4.47 Å². The minimum atomic E-state index is -0.809. The van der Waals surface area contributed by atoms with Crippen LogP contribution in [0.1, 0.15) is 27.9 Å². The van der Waals surface area contributed by atoms with E-state index in [1.54, 1.807) is 12.1 Å². The molecule has 0 heterocycles. The van der Waals surface area contributed by atoms with Crippen molar-refractivity contribution in [1.82, 2.24) is 0 Å². The Bertz CT molecular complexity index is 707. The van der Waals surface area contributed by atoms with Crippen LogP contribution in [0.4, 0.5) is 14.5 Å². The molecule has 0 aliphatic heterocycles. The minimum absolute atomic E-state index is 0.285. The average Bonchev–Trinajstić information content (AvgIpc) is 2.89. The second-order valence-corrected chi connectivity index (χ2v) is 5.95. The minimum Gasteiger partial charge on any atom is -0.317 e. The number of fused-ring (bicyclic) bond motifs is 1. The number of carbonyl (C=O) groups is 1. The molecule has 1 aliphatic rings. The molecule has 1 N–H and O–H groups in total. The van der Waals surface area contributed by atoms with Crippen LogP contribution < -0.4 is 5.32 Å². The highest BCUT2D eigenvalue weighted by atomic mass is 79.9. The SMILES string of the molecule is O=C(Nc1c(F)cc(Br)cc1F)c1ccc2c(c1)CCC2. The van der Waals surface area contributed by atoms with Crippen LogP contribution in [-0.4, -0.2) is 5.91 Å². The van der Waals surface area contributed by atoms with E-state index in [0.717, 1.165) is 37.0 Å². The molecule has 2 aromatic carbocycles. The number of anilines is 1. The highest BCUT2D eigenvalue weighted by molar-refractivity contribution is 9.10. The number of amides is 1. The smallest absolute Gasteiger partial charge is 0.255 e. The van der Waals surface area contributed by atoms with Gasteiger partial charge in [0.25, 0.3) is 5.91 Å². The Balaban J connectivity index is 1.87. The molecule has 0 radical (unpaired) electrons. The molecule has 0 saturated heterocycles. The third-order valence-electron chi connectivity index (χ3n) is 3.61. The van der Waals surface area contributed by atoms with Crippen LogP contribution >= 0.6 is 15.9 Å². The zero-order valence-electron chi connectivity index (χ0n) is 11.1. The molecular formula is C16H12BrF2NO. The molecule has 0 aromatic heterocycles.